The molecule has 0 unspecified atom stereocenters. The predicted octanol–water partition coefficient (Wildman–Crippen LogP) is 7.82. The van der Waals surface area contributed by atoms with Crippen LogP contribution in [-0.2, 0) is 24.7 Å². The lowest BCUT2D eigenvalue weighted by atomic mass is 10.0. The molecule has 0 radical (unpaired) electrons. The van der Waals surface area contributed by atoms with Crippen LogP contribution in [0.4, 0.5) is 0 Å². The number of nitrogens with zero attached hydrogens (tertiary/aromatic N) is 3. The van der Waals surface area contributed by atoms with Crippen LogP contribution in [-0.4, -0.2) is 44.5 Å². The Morgan fingerprint density at radius 2 is 1.68 bits per heavy atom. The van der Waals surface area contributed by atoms with Crippen molar-refractivity contribution in [1.29, 1.82) is 0 Å². The SMILES string of the molecule is CC.CC.Cn1c(CCCCCCc2cccc(Cl)c2)c(C(=O)N2CC[C@H](C(=O)O)C2)c2cc(Cl)cnc21. The van der Waals surface area contributed by atoms with Crippen molar-refractivity contribution in [1.82, 2.24) is 14.5 Å². The maximum atomic E-state index is 13.5. The molecular formula is C30H41Cl2N3O3. The summed E-state index contributed by atoms with van der Waals surface area (Å²) in [5.74, 6) is -1.49. The smallest absolute Gasteiger partial charge is 0.308 e. The molecule has 0 bridgehead atoms. The van der Waals surface area contributed by atoms with Gasteiger partial charge in [0.1, 0.15) is 5.65 Å². The maximum Gasteiger partial charge on any atom is 0.308 e. The molecule has 1 fully saturated rings. The molecule has 208 valence electrons. The summed E-state index contributed by atoms with van der Waals surface area (Å²) in [5, 5.41) is 11.3. The van der Waals surface area contributed by atoms with E-state index in [1.165, 1.54) is 5.56 Å². The van der Waals surface area contributed by atoms with Crippen molar-refractivity contribution in [3.63, 3.8) is 0 Å². The second-order valence-electron chi connectivity index (χ2n) is 9.02. The lowest BCUT2D eigenvalue weighted by molar-refractivity contribution is -0.141. The van der Waals surface area contributed by atoms with Gasteiger partial charge in [-0.25, -0.2) is 4.98 Å². The number of aryl methyl sites for hydroxylation is 2. The molecule has 1 atom stereocenters. The highest BCUT2D eigenvalue weighted by Gasteiger charge is 2.34. The number of aliphatic carboxylic acids is 1. The summed E-state index contributed by atoms with van der Waals surface area (Å²) in [4.78, 5) is 31.0. The Kier molecular flexibility index (Phi) is 13.1. The first-order valence-corrected chi connectivity index (χ1v) is 14.5. The normalized spacial score (nSPS) is 14.5. The van der Waals surface area contributed by atoms with Gasteiger partial charge in [-0.15, -0.1) is 0 Å². The molecule has 0 saturated carbocycles. The zero-order valence-electron chi connectivity index (χ0n) is 23.3. The third-order valence-electron chi connectivity index (χ3n) is 6.67. The van der Waals surface area contributed by atoms with E-state index in [0.29, 0.717) is 23.6 Å². The molecular weight excluding hydrogens is 521 g/mol. The highest BCUT2D eigenvalue weighted by Crippen LogP contribution is 2.30. The Bertz CT molecular complexity index is 1210. The molecule has 8 heteroatoms. The van der Waals surface area contributed by atoms with E-state index in [0.717, 1.165) is 60.3 Å². The van der Waals surface area contributed by atoms with Crippen molar-refractivity contribution in [2.75, 3.05) is 13.1 Å². The number of hydrogen-bond acceptors (Lipinski definition) is 3. The molecule has 1 amide bonds. The number of unbranched alkanes of at least 4 members (excludes halogenated alkanes) is 3. The van der Waals surface area contributed by atoms with Crippen molar-refractivity contribution < 1.29 is 14.7 Å². The Hall–Kier alpha value is -2.57. The monoisotopic (exact) mass is 561 g/mol. The average molecular weight is 563 g/mol. The number of pyridine rings is 1. The minimum absolute atomic E-state index is 0.130. The molecule has 1 aliphatic rings. The van der Waals surface area contributed by atoms with Crippen LogP contribution in [0.5, 0.6) is 0 Å². The molecule has 38 heavy (non-hydrogen) atoms. The summed E-state index contributed by atoms with van der Waals surface area (Å²) >= 11 is 12.3. The van der Waals surface area contributed by atoms with Crippen LogP contribution in [0.2, 0.25) is 10.0 Å². The third kappa shape index (κ3) is 7.97. The topological polar surface area (TPSA) is 75.4 Å². The second-order valence-corrected chi connectivity index (χ2v) is 9.90. The fourth-order valence-corrected chi connectivity index (χ4v) is 5.21. The van der Waals surface area contributed by atoms with E-state index in [1.54, 1.807) is 17.2 Å². The number of amides is 1. The van der Waals surface area contributed by atoms with Gasteiger partial charge in [0.15, 0.2) is 0 Å². The van der Waals surface area contributed by atoms with Gasteiger partial charge in [0.25, 0.3) is 5.91 Å². The maximum absolute atomic E-state index is 13.5. The number of carbonyl (C=O) groups is 2. The van der Waals surface area contributed by atoms with Gasteiger partial charge in [0, 0.05) is 42.4 Å². The van der Waals surface area contributed by atoms with E-state index in [9.17, 15) is 14.7 Å². The molecule has 0 aliphatic carbocycles. The average Bonchev–Trinajstić information content (AvgIpc) is 3.52. The quantitative estimate of drug-likeness (QED) is 0.270. The van der Waals surface area contributed by atoms with Crippen molar-refractivity contribution in [3.8, 4) is 0 Å². The molecule has 6 nitrogen and oxygen atoms in total. The first-order valence-electron chi connectivity index (χ1n) is 13.7. The highest BCUT2D eigenvalue weighted by atomic mass is 35.5. The highest BCUT2D eigenvalue weighted by molar-refractivity contribution is 6.31. The number of rotatable bonds is 9. The number of likely N-dealkylation sites (tertiary alicyclic amines) is 1. The lowest BCUT2D eigenvalue weighted by Crippen LogP contribution is -2.30. The number of carbonyl (C=O) groups excluding carboxylic acids is 1. The molecule has 4 rings (SSSR count). The van der Waals surface area contributed by atoms with Crippen molar-refractivity contribution in [2.45, 2.75) is 72.6 Å². The van der Waals surface area contributed by atoms with Gasteiger partial charge >= 0.3 is 5.97 Å². The lowest BCUT2D eigenvalue weighted by Gasteiger charge is -2.17. The van der Waals surface area contributed by atoms with E-state index in [4.69, 9.17) is 23.2 Å². The van der Waals surface area contributed by atoms with Crippen LogP contribution in [0.15, 0.2) is 36.5 Å². The molecule has 1 saturated heterocycles. The number of halogens is 2. The Morgan fingerprint density at radius 1 is 1.00 bits per heavy atom. The van der Waals surface area contributed by atoms with E-state index in [-0.39, 0.29) is 12.5 Å². The molecule has 1 aromatic carbocycles. The standard InChI is InChI=1S/C26H29Cl2N3O3.2C2H6/c1-30-22(10-5-3-2-4-7-17-8-6-9-19(27)13-17)23(21-14-20(28)15-29-24(21)30)25(32)31-12-11-18(16-31)26(33)34;2*1-2/h6,8-9,13-15,18H,2-5,7,10-12,16H2,1H3,(H,33,34);2*1-2H3/t18-;;/m0../s1. The number of benzene rings is 1. The largest absolute Gasteiger partial charge is 0.481 e. The molecule has 1 N–H and O–H groups in total. The summed E-state index contributed by atoms with van der Waals surface area (Å²) in [6.45, 7) is 8.69. The molecule has 0 spiro atoms. The van der Waals surface area contributed by atoms with Crippen LogP contribution in [0.1, 0.15) is 81.4 Å². The summed E-state index contributed by atoms with van der Waals surface area (Å²) < 4.78 is 1.98. The van der Waals surface area contributed by atoms with Gasteiger partial charge < -0.3 is 14.6 Å². The molecule has 2 aromatic heterocycles. The van der Waals surface area contributed by atoms with E-state index in [1.807, 2.05) is 57.5 Å². The van der Waals surface area contributed by atoms with Crippen LogP contribution in [0.3, 0.4) is 0 Å². The summed E-state index contributed by atoms with van der Waals surface area (Å²) in [5.41, 5.74) is 3.51. The van der Waals surface area contributed by atoms with Gasteiger partial charge in [0.2, 0.25) is 0 Å². The number of carboxylic acids is 1. The zero-order chi connectivity index (χ0) is 28.2. The summed E-state index contributed by atoms with van der Waals surface area (Å²) in [6.07, 6.45) is 8.00. The van der Waals surface area contributed by atoms with E-state index in [2.05, 4.69) is 11.1 Å². The fourth-order valence-electron chi connectivity index (χ4n) is 4.84. The van der Waals surface area contributed by atoms with Crippen LogP contribution >= 0.6 is 23.2 Å². The van der Waals surface area contributed by atoms with E-state index < -0.39 is 11.9 Å². The van der Waals surface area contributed by atoms with Gasteiger partial charge in [-0.05, 0) is 55.9 Å². The Morgan fingerprint density at radius 3 is 2.32 bits per heavy atom. The Balaban J connectivity index is 0.00000121. The predicted molar refractivity (Wildman–Crippen MR) is 157 cm³/mol. The second kappa shape index (κ2) is 15.7. The number of fused-ring (bicyclic) bond motifs is 1. The van der Waals surface area contributed by atoms with Gasteiger partial charge in [-0.1, -0.05) is 75.9 Å². The zero-order valence-corrected chi connectivity index (χ0v) is 24.8. The molecule has 3 aromatic rings. The minimum atomic E-state index is -0.851. The van der Waals surface area contributed by atoms with Gasteiger partial charge in [-0.2, -0.15) is 0 Å². The van der Waals surface area contributed by atoms with Crippen LogP contribution in [0, 0.1) is 5.92 Å². The fraction of sp³-hybridized carbons (Fsp3) is 0.500. The number of hydrogen-bond donors (Lipinski definition) is 1. The van der Waals surface area contributed by atoms with Crippen molar-refractivity contribution >= 4 is 46.1 Å². The summed E-state index contributed by atoms with van der Waals surface area (Å²) in [6, 6.07) is 9.77. The third-order valence-corrected chi connectivity index (χ3v) is 7.11. The van der Waals surface area contributed by atoms with Gasteiger partial charge in [0.05, 0.1) is 16.5 Å². The first kappa shape index (κ1) is 31.6. The van der Waals surface area contributed by atoms with Crippen LogP contribution in [0.25, 0.3) is 11.0 Å². The van der Waals surface area contributed by atoms with Crippen LogP contribution < -0.4 is 0 Å². The summed E-state index contributed by atoms with van der Waals surface area (Å²) in [7, 11) is 1.93. The first-order chi connectivity index (χ1) is 18.3. The van der Waals surface area contributed by atoms with E-state index >= 15 is 0 Å². The van der Waals surface area contributed by atoms with Crippen molar-refractivity contribution in [3.05, 3.63) is 63.4 Å². The number of aromatic nitrogens is 2. The Labute approximate surface area is 237 Å². The van der Waals surface area contributed by atoms with Crippen molar-refractivity contribution in [2.24, 2.45) is 13.0 Å². The number of carboxylic acid groups (broad SMARTS) is 1. The minimum Gasteiger partial charge on any atom is -0.481 e. The molecule has 1 aliphatic heterocycles. The molecule has 3 heterocycles. The van der Waals surface area contributed by atoms with Gasteiger partial charge in [-0.3, -0.25) is 9.59 Å².